The largest absolute Gasteiger partial charge is 0.320 e. The molecule has 8 heteroatoms. The minimum atomic E-state index is -0.367. The lowest BCUT2D eigenvalue weighted by molar-refractivity contribution is 0.102. The Morgan fingerprint density at radius 1 is 1.00 bits per heavy atom. The fourth-order valence-corrected chi connectivity index (χ4v) is 3.15. The number of nitrogens with zero attached hydrogens (tertiary/aromatic N) is 2. The molecule has 0 unspecified atom stereocenters. The zero-order chi connectivity index (χ0) is 17.8. The highest BCUT2D eigenvalue weighted by Crippen LogP contribution is 2.28. The van der Waals surface area contributed by atoms with Gasteiger partial charge in [0.25, 0.3) is 5.91 Å². The number of amides is 1. The van der Waals surface area contributed by atoms with Crippen molar-refractivity contribution >= 4 is 68.8 Å². The van der Waals surface area contributed by atoms with Gasteiger partial charge in [-0.3, -0.25) is 4.79 Å². The molecule has 0 atom stereocenters. The van der Waals surface area contributed by atoms with Crippen LogP contribution in [0, 0.1) is 0 Å². The molecule has 0 aliphatic rings. The van der Waals surface area contributed by atoms with Crippen LogP contribution in [-0.4, -0.2) is 16.1 Å². The molecule has 1 heterocycles. The Kier molecular flexibility index (Phi) is 5.71. The Morgan fingerprint density at radius 2 is 1.68 bits per heavy atom. The predicted molar refractivity (Wildman–Crippen MR) is 104 cm³/mol. The summed E-state index contributed by atoms with van der Waals surface area (Å²) in [4.78, 5) is 12.2. The highest BCUT2D eigenvalue weighted by atomic mass is 35.5. The first-order valence-electron chi connectivity index (χ1n) is 7.05. The van der Waals surface area contributed by atoms with E-state index in [4.69, 9.17) is 34.8 Å². The summed E-state index contributed by atoms with van der Waals surface area (Å²) in [5, 5.41) is 12.7. The van der Waals surface area contributed by atoms with Gasteiger partial charge in [0.2, 0.25) is 5.01 Å². The number of anilines is 1. The van der Waals surface area contributed by atoms with Gasteiger partial charge in [-0.1, -0.05) is 64.3 Å². The van der Waals surface area contributed by atoms with Crippen molar-refractivity contribution in [3.8, 4) is 0 Å². The first-order valence-corrected chi connectivity index (χ1v) is 9.00. The Balaban J connectivity index is 1.76. The van der Waals surface area contributed by atoms with Gasteiger partial charge in [-0.15, -0.1) is 10.2 Å². The van der Waals surface area contributed by atoms with Gasteiger partial charge in [-0.25, -0.2) is 0 Å². The molecule has 1 N–H and O–H groups in total. The van der Waals surface area contributed by atoms with Crippen LogP contribution in [0.3, 0.4) is 0 Å². The monoisotopic (exact) mass is 409 g/mol. The molecule has 3 rings (SSSR count). The maximum absolute atomic E-state index is 12.2. The predicted octanol–water partition coefficient (Wildman–Crippen LogP) is 5.83. The molecule has 0 aliphatic carbocycles. The van der Waals surface area contributed by atoms with Gasteiger partial charge in [-0.05, 0) is 42.0 Å². The van der Waals surface area contributed by atoms with Crippen LogP contribution in [0.2, 0.25) is 10.0 Å². The lowest BCUT2D eigenvalue weighted by Gasteiger charge is -2.01. The molecule has 126 valence electrons. The molecule has 0 radical (unpaired) electrons. The number of carbonyl (C=O) groups excluding carboxylic acids is 1. The third-order valence-electron chi connectivity index (χ3n) is 3.11. The molecule has 0 bridgehead atoms. The second-order valence-electron chi connectivity index (χ2n) is 4.89. The Hall–Kier alpha value is -1.92. The zero-order valence-corrected chi connectivity index (χ0v) is 15.6. The number of hydrogen-bond acceptors (Lipinski definition) is 4. The highest BCUT2D eigenvalue weighted by Gasteiger charge is 2.15. The highest BCUT2D eigenvalue weighted by molar-refractivity contribution is 7.15. The maximum atomic E-state index is 12.2. The lowest BCUT2D eigenvalue weighted by atomic mass is 10.2. The Bertz CT molecular complexity index is 938. The zero-order valence-electron chi connectivity index (χ0n) is 12.5. The minimum absolute atomic E-state index is 0.204. The van der Waals surface area contributed by atoms with E-state index in [1.807, 2.05) is 18.2 Å². The van der Waals surface area contributed by atoms with Crippen molar-refractivity contribution in [3.05, 3.63) is 74.2 Å². The summed E-state index contributed by atoms with van der Waals surface area (Å²) in [6.07, 6.45) is 1.69. The van der Waals surface area contributed by atoms with Gasteiger partial charge in [0.15, 0.2) is 5.01 Å². The van der Waals surface area contributed by atoms with E-state index in [-0.39, 0.29) is 10.9 Å². The molecule has 1 aromatic heterocycles. The van der Waals surface area contributed by atoms with E-state index in [2.05, 4.69) is 15.5 Å². The van der Waals surface area contributed by atoms with Gasteiger partial charge in [-0.2, -0.15) is 0 Å². The number of carbonyl (C=O) groups is 1. The topological polar surface area (TPSA) is 54.9 Å². The summed E-state index contributed by atoms with van der Waals surface area (Å²) in [7, 11) is 0. The van der Waals surface area contributed by atoms with Crippen molar-refractivity contribution in [1.29, 1.82) is 0 Å². The van der Waals surface area contributed by atoms with Crippen LogP contribution in [0.25, 0.3) is 11.1 Å². The SMILES string of the molecule is O=C(Nc1ccc(Cl)cc1)c1nnc(/C(Cl)=C/c2ccccc2Cl)s1. The van der Waals surface area contributed by atoms with Crippen molar-refractivity contribution in [2.45, 2.75) is 0 Å². The van der Waals surface area contributed by atoms with Crippen LogP contribution in [0.5, 0.6) is 0 Å². The van der Waals surface area contributed by atoms with Crippen LogP contribution in [0.1, 0.15) is 20.4 Å². The Labute approximate surface area is 163 Å². The molecular weight excluding hydrogens is 401 g/mol. The molecule has 0 saturated carbocycles. The van der Waals surface area contributed by atoms with E-state index >= 15 is 0 Å². The van der Waals surface area contributed by atoms with Gasteiger partial charge >= 0.3 is 0 Å². The number of hydrogen-bond donors (Lipinski definition) is 1. The van der Waals surface area contributed by atoms with Crippen molar-refractivity contribution < 1.29 is 4.79 Å². The molecular formula is C17H10Cl3N3OS. The lowest BCUT2D eigenvalue weighted by Crippen LogP contribution is -2.11. The normalized spacial score (nSPS) is 11.4. The van der Waals surface area contributed by atoms with E-state index in [0.29, 0.717) is 25.8 Å². The molecule has 0 fully saturated rings. The van der Waals surface area contributed by atoms with E-state index in [9.17, 15) is 4.79 Å². The van der Waals surface area contributed by atoms with Crippen LogP contribution in [0.4, 0.5) is 5.69 Å². The molecule has 3 aromatic rings. The van der Waals surface area contributed by atoms with Gasteiger partial charge in [0.05, 0.1) is 5.03 Å². The van der Waals surface area contributed by atoms with E-state index < -0.39 is 0 Å². The summed E-state index contributed by atoms with van der Waals surface area (Å²) < 4.78 is 0. The summed E-state index contributed by atoms with van der Waals surface area (Å²) in [5.74, 6) is -0.367. The third-order valence-corrected chi connectivity index (χ3v) is 5.06. The molecule has 0 aliphatic heterocycles. The maximum Gasteiger partial charge on any atom is 0.286 e. The first kappa shape index (κ1) is 17.9. The van der Waals surface area contributed by atoms with Gasteiger partial charge in [0, 0.05) is 15.7 Å². The van der Waals surface area contributed by atoms with Crippen LogP contribution < -0.4 is 5.32 Å². The second kappa shape index (κ2) is 7.97. The first-order chi connectivity index (χ1) is 12.0. The summed E-state index contributed by atoms with van der Waals surface area (Å²) >= 11 is 19.3. The van der Waals surface area contributed by atoms with Gasteiger partial charge < -0.3 is 5.32 Å². The summed E-state index contributed by atoms with van der Waals surface area (Å²) in [6.45, 7) is 0. The van der Waals surface area contributed by atoms with E-state index in [1.165, 1.54) is 0 Å². The quantitative estimate of drug-likeness (QED) is 0.588. The molecule has 25 heavy (non-hydrogen) atoms. The molecule has 1 amide bonds. The van der Waals surface area contributed by atoms with E-state index in [0.717, 1.165) is 16.9 Å². The number of aromatic nitrogens is 2. The smallest absolute Gasteiger partial charge is 0.286 e. The van der Waals surface area contributed by atoms with E-state index in [1.54, 1.807) is 36.4 Å². The van der Waals surface area contributed by atoms with Crippen LogP contribution >= 0.6 is 46.1 Å². The van der Waals surface area contributed by atoms with Crippen LogP contribution in [-0.2, 0) is 0 Å². The standard InChI is InChI=1S/C17H10Cl3N3OS/c18-11-5-7-12(8-6-11)21-15(24)17-23-22-16(25-17)14(20)9-10-3-1-2-4-13(10)19/h1-9H,(H,21,24)/b14-9-. The second-order valence-corrected chi connectivity index (χ2v) is 7.12. The fraction of sp³-hybridized carbons (Fsp3) is 0. The number of nitrogens with one attached hydrogen (secondary N) is 1. The van der Waals surface area contributed by atoms with Gasteiger partial charge in [0.1, 0.15) is 0 Å². The number of benzene rings is 2. The molecule has 0 saturated heterocycles. The average molecular weight is 411 g/mol. The number of halogens is 3. The van der Waals surface area contributed by atoms with Crippen molar-refractivity contribution in [1.82, 2.24) is 10.2 Å². The molecule has 2 aromatic carbocycles. The van der Waals surface area contributed by atoms with Crippen molar-refractivity contribution in [2.75, 3.05) is 5.32 Å². The third kappa shape index (κ3) is 4.58. The summed E-state index contributed by atoms with van der Waals surface area (Å²) in [6, 6.07) is 14.1. The number of rotatable bonds is 4. The van der Waals surface area contributed by atoms with Crippen molar-refractivity contribution in [3.63, 3.8) is 0 Å². The summed E-state index contributed by atoms with van der Waals surface area (Å²) in [5.41, 5.74) is 1.38. The molecule has 0 spiro atoms. The minimum Gasteiger partial charge on any atom is -0.320 e. The average Bonchev–Trinajstić information content (AvgIpc) is 3.09. The van der Waals surface area contributed by atoms with Crippen molar-refractivity contribution in [2.24, 2.45) is 0 Å². The fourth-order valence-electron chi connectivity index (χ4n) is 1.92. The van der Waals surface area contributed by atoms with Crippen LogP contribution in [0.15, 0.2) is 48.5 Å². The Morgan fingerprint density at radius 3 is 2.40 bits per heavy atom. The molecule has 4 nitrogen and oxygen atoms in total.